The molecular formula is C16H12ClFN2O. The molecule has 2 aromatic rings. The van der Waals surface area contributed by atoms with Gasteiger partial charge in [-0.15, -0.1) is 0 Å². The molecule has 3 rings (SSSR count). The van der Waals surface area contributed by atoms with Gasteiger partial charge in [-0.05, 0) is 30.3 Å². The molecule has 0 saturated heterocycles. The highest BCUT2D eigenvalue weighted by Gasteiger charge is 2.27. The van der Waals surface area contributed by atoms with Crippen LogP contribution in [-0.4, -0.2) is 23.2 Å². The lowest BCUT2D eigenvalue weighted by Gasteiger charge is -2.19. The summed E-state index contributed by atoms with van der Waals surface area (Å²) in [5.74, 6) is 0.0933. The van der Waals surface area contributed by atoms with Crippen LogP contribution in [-0.2, 0) is 11.3 Å². The second-order valence-electron chi connectivity index (χ2n) is 4.72. The van der Waals surface area contributed by atoms with Gasteiger partial charge in [-0.2, -0.15) is 0 Å². The molecule has 0 aliphatic carbocycles. The van der Waals surface area contributed by atoms with Crippen molar-refractivity contribution in [2.45, 2.75) is 6.54 Å². The number of carbonyl (C=O) groups is 1. The number of nitrogens with zero attached hydrogens (tertiary/aromatic N) is 2. The van der Waals surface area contributed by atoms with Crippen molar-refractivity contribution in [2.24, 2.45) is 4.99 Å². The van der Waals surface area contributed by atoms with E-state index in [1.165, 1.54) is 11.0 Å². The Kier molecular flexibility index (Phi) is 3.71. The predicted molar refractivity (Wildman–Crippen MR) is 79.8 cm³/mol. The number of amides is 1. The third kappa shape index (κ3) is 2.81. The summed E-state index contributed by atoms with van der Waals surface area (Å²) in [6.45, 7) is 0.263. The van der Waals surface area contributed by atoms with Crippen LogP contribution in [0.5, 0.6) is 0 Å². The average molecular weight is 303 g/mol. The van der Waals surface area contributed by atoms with Gasteiger partial charge in [0.05, 0.1) is 6.54 Å². The van der Waals surface area contributed by atoms with Gasteiger partial charge in [-0.25, -0.2) is 4.39 Å². The van der Waals surface area contributed by atoms with E-state index in [4.69, 9.17) is 11.6 Å². The first kappa shape index (κ1) is 13.8. The monoisotopic (exact) mass is 302 g/mol. The van der Waals surface area contributed by atoms with Crippen molar-refractivity contribution < 1.29 is 9.18 Å². The third-order valence-electron chi connectivity index (χ3n) is 3.31. The molecule has 3 nitrogen and oxygen atoms in total. The average Bonchev–Trinajstić information content (AvgIpc) is 2.84. The smallest absolute Gasteiger partial charge is 0.250 e. The first-order valence-corrected chi connectivity index (χ1v) is 6.87. The molecule has 1 aliphatic rings. The molecule has 0 radical (unpaired) electrons. The van der Waals surface area contributed by atoms with Crippen molar-refractivity contribution in [2.75, 3.05) is 6.54 Å². The van der Waals surface area contributed by atoms with Crippen LogP contribution in [0.2, 0.25) is 5.02 Å². The second kappa shape index (κ2) is 5.66. The molecule has 0 atom stereocenters. The normalized spacial score (nSPS) is 14.5. The van der Waals surface area contributed by atoms with Gasteiger partial charge in [-0.1, -0.05) is 29.8 Å². The SMILES string of the molecule is O=C1CN=C(c2ccc(Cl)cc2)N1Cc1ccccc1F. The van der Waals surface area contributed by atoms with Crippen molar-refractivity contribution in [3.8, 4) is 0 Å². The number of rotatable bonds is 3. The molecule has 0 aromatic heterocycles. The number of hydrogen-bond acceptors (Lipinski definition) is 2. The molecule has 0 bridgehead atoms. The zero-order valence-corrected chi connectivity index (χ0v) is 11.8. The highest BCUT2D eigenvalue weighted by Crippen LogP contribution is 2.19. The second-order valence-corrected chi connectivity index (χ2v) is 5.15. The standard InChI is InChI=1S/C16H12ClFN2O/c17-13-7-5-11(6-8-13)16-19-9-15(21)20(16)10-12-3-1-2-4-14(12)18/h1-8H,9-10H2. The van der Waals surface area contributed by atoms with Crippen LogP contribution in [0.15, 0.2) is 53.5 Å². The summed E-state index contributed by atoms with van der Waals surface area (Å²) in [4.78, 5) is 17.8. The van der Waals surface area contributed by atoms with Gasteiger partial charge in [-0.3, -0.25) is 14.7 Å². The van der Waals surface area contributed by atoms with E-state index in [9.17, 15) is 9.18 Å². The van der Waals surface area contributed by atoms with E-state index in [-0.39, 0.29) is 24.8 Å². The summed E-state index contributed by atoms with van der Waals surface area (Å²) in [6, 6.07) is 13.5. The summed E-state index contributed by atoms with van der Waals surface area (Å²) < 4.78 is 13.8. The zero-order valence-electron chi connectivity index (χ0n) is 11.1. The maximum atomic E-state index is 13.8. The maximum Gasteiger partial charge on any atom is 0.250 e. The molecule has 5 heteroatoms. The topological polar surface area (TPSA) is 32.7 Å². The van der Waals surface area contributed by atoms with Gasteiger partial charge in [0.1, 0.15) is 18.2 Å². The van der Waals surface area contributed by atoms with Gasteiger partial charge in [0.2, 0.25) is 5.91 Å². The summed E-state index contributed by atoms with van der Waals surface area (Å²) in [6.07, 6.45) is 0. The van der Waals surface area contributed by atoms with E-state index in [1.54, 1.807) is 42.5 Å². The molecule has 21 heavy (non-hydrogen) atoms. The minimum Gasteiger partial charge on any atom is -0.290 e. The first-order valence-electron chi connectivity index (χ1n) is 6.49. The molecular weight excluding hydrogens is 291 g/mol. The van der Waals surface area contributed by atoms with Crippen LogP contribution >= 0.6 is 11.6 Å². The van der Waals surface area contributed by atoms with Crippen LogP contribution in [0.25, 0.3) is 0 Å². The maximum absolute atomic E-state index is 13.8. The Morgan fingerprint density at radius 3 is 2.57 bits per heavy atom. The van der Waals surface area contributed by atoms with Gasteiger partial charge in [0.25, 0.3) is 0 Å². The lowest BCUT2D eigenvalue weighted by atomic mass is 10.1. The fourth-order valence-corrected chi connectivity index (χ4v) is 2.36. The van der Waals surface area contributed by atoms with E-state index in [2.05, 4.69) is 4.99 Å². The Balaban J connectivity index is 1.89. The zero-order chi connectivity index (χ0) is 14.8. The lowest BCUT2D eigenvalue weighted by molar-refractivity contribution is -0.125. The third-order valence-corrected chi connectivity index (χ3v) is 3.56. The molecule has 1 amide bonds. The molecule has 0 spiro atoms. The Labute approximate surface area is 126 Å². The molecule has 0 fully saturated rings. The number of halogens is 2. The fourth-order valence-electron chi connectivity index (χ4n) is 2.24. The van der Waals surface area contributed by atoms with Crippen LogP contribution in [0.3, 0.4) is 0 Å². The summed E-state index contributed by atoms with van der Waals surface area (Å²) in [5.41, 5.74) is 1.26. The van der Waals surface area contributed by atoms with E-state index >= 15 is 0 Å². The highest BCUT2D eigenvalue weighted by molar-refractivity contribution is 6.30. The Bertz CT molecular complexity index is 712. The van der Waals surface area contributed by atoms with Gasteiger partial charge in [0, 0.05) is 16.1 Å². The van der Waals surface area contributed by atoms with Crippen molar-refractivity contribution in [3.05, 3.63) is 70.5 Å². The number of benzene rings is 2. The first-order chi connectivity index (χ1) is 10.1. The van der Waals surface area contributed by atoms with E-state index in [0.29, 0.717) is 16.4 Å². The summed E-state index contributed by atoms with van der Waals surface area (Å²) in [5, 5.41) is 0.615. The van der Waals surface area contributed by atoms with Gasteiger partial charge >= 0.3 is 0 Å². The largest absolute Gasteiger partial charge is 0.290 e. The van der Waals surface area contributed by atoms with Crippen molar-refractivity contribution >= 4 is 23.3 Å². The minimum atomic E-state index is -0.326. The van der Waals surface area contributed by atoms with Crippen molar-refractivity contribution in [1.29, 1.82) is 0 Å². The highest BCUT2D eigenvalue weighted by atomic mass is 35.5. The summed E-state index contributed by atoms with van der Waals surface area (Å²) in [7, 11) is 0. The molecule has 106 valence electrons. The Morgan fingerprint density at radius 2 is 1.86 bits per heavy atom. The van der Waals surface area contributed by atoms with Gasteiger partial charge in [0.15, 0.2) is 0 Å². The van der Waals surface area contributed by atoms with Crippen LogP contribution in [0, 0.1) is 5.82 Å². The Morgan fingerprint density at radius 1 is 1.14 bits per heavy atom. The number of aliphatic imine (C=N–C) groups is 1. The van der Waals surface area contributed by atoms with Crippen LogP contribution in [0.4, 0.5) is 4.39 Å². The molecule has 1 heterocycles. The quantitative estimate of drug-likeness (QED) is 0.856. The van der Waals surface area contributed by atoms with E-state index in [0.717, 1.165) is 5.56 Å². The number of carbonyl (C=O) groups excluding carboxylic acids is 1. The van der Waals surface area contributed by atoms with E-state index in [1.807, 2.05) is 0 Å². The fraction of sp³-hybridized carbons (Fsp3) is 0.125. The molecule has 2 aromatic carbocycles. The number of hydrogen-bond donors (Lipinski definition) is 0. The number of amidine groups is 1. The molecule has 1 aliphatic heterocycles. The predicted octanol–water partition coefficient (Wildman–Crippen LogP) is 3.27. The van der Waals surface area contributed by atoms with Crippen molar-refractivity contribution in [1.82, 2.24) is 4.90 Å². The van der Waals surface area contributed by atoms with Crippen LogP contribution < -0.4 is 0 Å². The van der Waals surface area contributed by atoms with E-state index < -0.39 is 0 Å². The lowest BCUT2D eigenvalue weighted by Crippen LogP contribution is -2.32. The summed E-state index contributed by atoms with van der Waals surface area (Å²) >= 11 is 5.86. The molecule has 0 unspecified atom stereocenters. The Hall–Kier alpha value is -2.20. The molecule has 0 N–H and O–H groups in total. The van der Waals surface area contributed by atoms with Crippen molar-refractivity contribution in [3.63, 3.8) is 0 Å². The van der Waals surface area contributed by atoms with Crippen LogP contribution in [0.1, 0.15) is 11.1 Å². The minimum absolute atomic E-state index is 0.0897. The molecule has 0 saturated carbocycles. The van der Waals surface area contributed by atoms with Gasteiger partial charge < -0.3 is 0 Å².